The summed E-state index contributed by atoms with van der Waals surface area (Å²) < 4.78 is 0. The third-order valence-electron chi connectivity index (χ3n) is 5.46. The zero-order chi connectivity index (χ0) is 14.7. The molecule has 116 valence electrons. The zero-order valence-corrected chi connectivity index (χ0v) is 13.3. The summed E-state index contributed by atoms with van der Waals surface area (Å²) in [6.07, 6.45) is 8.25. The molecule has 2 aliphatic carbocycles. The van der Waals surface area contributed by atoms with E-state index in [9.17, 15) is 5.11 Å². The Labute approximate surface area is 129 Å². The van der Waals surface area contributed by atoms with Gasteiger partial charge in [0.2, 0.25) is 0 Å². The van der Waals surface area contributed by atoms with Crippen LogP contribution >= 0.6 is 0 Å². The molecule has 0 amide bonds. The lowest BCUT2D eigenvalue weighted by Gasteiger charge is -2.36. The Morgan fingerprint density at radius 3 is 2.52 bits per heavy atom. The molecule has 2 heteroatoms. The highest BCUT2D eigenvalue weighted by molar-refractivity contribution is 5.33. The van der Waals surface area contributed by atoms with E-state index >= 15 is 0 Å². The predicted molar refractivity (Wildman–Crippen MR) is 87.3 cm³/mol. The van der Waals surface area contributed by atoms with Gasteiger partial charge in [-0.2, -0.15) is 0 Å². The average Bonchev–Trinajstić information content (AvgIpc) is 3.33. The van der Waals surface area contributed by atoms with Gasteiger partial charge in [0.05, 0.1) is 5.60 Å². The van der Waals surface area contributed by atoms with Gasteiger partial charge in [0.15, 0.2) is 0 Å². The van der Waals surface area contributed by atoms with E-state index in [1.54, 1.807) is 0 Å². The summed E-state index contributed by atoms with van der Waals surface area (Å²) >= 11 is 0. The van der Waals surface area contributed by atoms with E-state index in [1.165, 1.54) is 43.2 Å². The van der Waals surface area contributed by atoms with Crippen molar-refractivity contribution in [1.29, 1.82) is 0 Å². The smallest absolute Gasteiger partial charge is 0.0771 e. The van der Waals surface area contributed by atoms with Crippen molar-refractivity contribution in [2.75, 3.05) is 6.54 Å². The van der Waals surface area contributed by atoms with Crippen molar-refractivity contribution >= 4 is 0 Å². The monoisotopic (exact) mass is 287 g/mol. The molecule has 2 N–H and O–H groups in total. The summed E-state index contributed by atoms with van der Waals surface area (Å²) in [4.78, 5) is 0. The number of hydrogen-bond acceptors (Lipinski definition) is 2. The average molecular weight is 287 g/mol. The van der Waals surface area contributed by atoms with Gasteiger partial charge in [-0.1, -0.05) is 37.6 Å². The van der Waals surface area contributed by atoms with Crippen LogP contribution in [0.25, 0.3) is 0 Å². The minimum atomic E-state index is -0.472. The van der Waals surface area contributed by atoms with Gasteiger partial charge in [-0.05, 0) is 61.5 Å². The molecule has 2 nitrogen and oxygen atoms in total. The molecule has 0 radical (unpaired) electrons. The number of benzene rings is 1. The highest BCUT2D eigenvalue weighted by Gasteiger charge is 2.32. The Kier molecular flexibility index (Phi) is 4.66. The predicted octanol–water partition coefficient (Wildman–Crippen LogP) is 3.98. The first kappa shape index (κ1) is 15.1. The van der Waals surface area contributed by atoms with E-state index in [-0.39, 0.29) is 0 Å². The van der Waals surface area contributed by atoms with Crippen LogP contribution in [0, 0.1) is 5.92 Å². The molecular weight excluding hydrogens is 258 g/mol. The van der Waals surface area contributed by atoms with Crippen LogP contribution in [0.15, 0.2) is 24.3 Å². The van der Waals surface area contributed by atoms with Crippen LogP contribution in [0.1, 0.15) is 68.9 Å². The molecule has 0 saturated heterocycles. The summed E-state index contributed by atoms with van der Waals surface area (Å²) in [5, 5.41) is 14.2. The molecule has 2 saturated carbocycles. The van der Waals surface area contributed by atoms with Gasteiger partial charge in [0.25, 0.3) is 0 Å². The Hall–Kier alpha value is -0.860. The normalized spacial score (nSPS) is 29.5. The lowest BCUT2D eigenvalue weighted by molar-refractivity contribution is -0.00882. The van der Waals surface area contributed by atoms with Gasteiger partial charge >= 0.3 is 0 Å². The van der Waals surface area contributed by atoms with E-state index in [1.807, 2.05) is 0 Å². The van der Waals surface area contributed by atoms with Crippen LogP contribution in [-0.4, -0.2) is 17.3 Å². The van der Waals surface area contributed by atoms with Gasteiger partial charge in [-0.25, -0.2) is 0 Å². The van der Waals surface area contributed by atoms with Crippen molar-refractivity contribution in [3.05, 3.63) is 35.4 Å². The first-order chi connectivity index (χ1) is 10.2. The molecule has 3 rings (SSSR count). The van der Waals surface area contributed by atoms with E-state index in [4.69, 9.17) is 0 Å². The second kappa shape index (κ2) is 6.50. The zero-order valence-electron chi connectivity index (χ0n) is 13.3. The standard InChI is InChI=1S/C19H29NO/c1-2-15-9-11-19(21,12-10-15)14-20-13-17-5-3-4-6-18(17)16-7-8-16/h3-6,15-16,20-21H,2,7-14H2,1H3. The fourth-order valence-electron chi connectivity index (χ4n) is 3.72. The van der Waals surface area contributed by atoms with E-state index in [0.717, 1.165) is 37.8 Å². The van der Waals surface area contributed by atoms with Crippen molar-refractivity contribution in [2.45, 2.75) is 69.9 Å². The van der Waals surface area contributed by atoms with Crippen LogP contribution in [0.2, 0.25) is 0 Å². The van der Waals surface area contributed by atoms with Crippen LogP contribution < -0.4 is 5.32 Å². The minimum Gasteiger partial charge on any atom is -0.389 e. The van der Waals surface area contributed by atoms with Gasteiger partial charge in [-0.3, -0.25) is 0 Å². The highest BCUT2D eigenvalue weighted by atomic mass is 16.3. The molecule has 2 fully saturated rings. The van der Waals surface area contributed by atoms with Crippen LogP contribution in [-0.2, 0) is 6.54 Å². The topological polar surface area (TPSA) is 32.3 Å². The summed E-state index contributed by atoms with van der Waals surface area (Å²) in [6.45, 7) is 3.90. The Balaban J connectivity index is 1.50. The number of rotatable bonds is 6. The maximum atomic E-state index is 10.7. The Bertz CT molecular complexity index is 458. The third kappa shape index (κ3) is 3.87. The fraction of sp³-hybridized carbons (Fsp3) is 0.684. The molecule has 21 heavy (non-hydrogen) atoms. The summed E-state index contributed by atoms with van der Waals surface area (Å²) in [5.74, 6) is 1.63. The third-order valence-corrected chi connectivity index (χ3v) is 5.46. The van der Waals surface area contributed by atoms with Gasteiger partial charge in [-0.15, -0.1) is 0 Å². The molecule has 1 aromatic carbocycles. The van der Waals surface area contributed by atoms with Crippen molar-refractivity contribution in [1.82, 2.24) is 5.32 Å². The summed E-state index contributed by atoms with van der Waals surface area (Å²) in [6, 6.07) is 8.79. The lowest BCUT2D eigenvalue weighted by Crippen LogP contribution is -2.43. The number of nitrogens with one attached hydrogen (secondary N) is 1. The summed E-state index contributed by atoms with van der Waals surface area (Å²) in [7, 11) is 0. The quantitative estimate of drug-likeness (QED) is 0.829. The lowest BCUT2D eigenvalue weighted by atomic mass is 9.78. The van der Waals surface area contributed by atoms with Crippen LogP contribution in [0.4, 0.5) is 0 Å². The van der Waals surface area contributed by atoms with Crippen LogP contribution in [0.5, 0.6) is 0 Å². The molecule has 0 spiro atoms. The van der Waals surface area contributed by atoms with E-state index < -0.39 is 5.60 Å². The Morgan fingerprint density at radius 2 is 1.86 bits per heavy atom. The molecule has 0 aromatic heterocycles. The molecule has 0 aliphatic heterocycles. The fourth-order valence-corrected chi connectivity index (χ4v) is 3.72. The van der Waals surface area contributed by atoms with Crippen LogP contribution in [0.3, 0.4) is 0 Å². The van der Waals surface area contributed by atoms with E-state index in [0.29, 0.717) is 0 Å². The molecule has 0 bridgehead atoms. The summed E-state index contributed by atoms with van der Waals surface area (Å²) in [5.41, 5.74) is 2.47. The maximum absolute atomic E-state index is 10.7. The van der Waals surface area contributed by atoms with Gasteiger partial charge < -0.3 is 10.4 Å². The van der Waals surface area contributed by atoms with Crippen molar-refractivity contribution in [3.63, 3.8) is 0 Å². The van der Waals surface area contributed by atoms with Gasteiger partial charge in [0, 0.05) is 13.1 Å². The minimum absolute atomic E-state index is 0.472. The van der Waals surface area contributed by atoms with Crippen molar-refractivity contribution in [2.24, 2.45) is 5.92 Å². The number of aliphatic hydroxyl groups is 1. The SMILES string of the molecule is CCC1CCC(O)(CNCc2ccccc2C2CC2)CC1. The van der Waals surface area contributed by atoms with Gasteiger partial charge in [0.1, 0.15) is 0 Å². The highest BCUT2D eigenvalue weighted by Crippen LogP contribution is 2.41. The first-order valence-corrected chi connectivity index (χ1v) is 8.71. The maximum Gasteiger partial charge on any atom is 0.0771 e. The molecule has 2 aliphatic rings. The molecule has 0 atom stereocenters. The molecular formula is C19H29NO. The largest absolute Gasteiger partial charge is 0.389 e. The second-order valence-electron chi connectivity index (χ2n) is 7.15. The van der Waals surface area contributed by atoms with E-state index in [2.05, 4.69) is 36.5 Å². The first-order valence-electron chi connectivity index (χ1n) is 8.71. The Morgan fingerprint density at radius 1 is 1.14 bits per heavy atom. The van der Waals surface area contributed by atoms with Crippen molar-refractivity contribution < 1.29 is 5.11 Å². The molecule has 0 unspecified atom stereocenters. The molecule has 0 heterocycles. The second-order valence-corrected chi connectivity index (χ2v) is 7.15. The van der Waals surface area contributed by atoms with Crippen molar-refractivity contribution in [3.8, 4) is 0 Å². The molecule has 1 aromatic rings. The number of hydrogen-bond donors (Lipinski definition) is 2.